The van der Waals surface area contributed by atoms with Gasteiger partial charge in [-0.1, -0.05) is 6.07 Å². The van der Waals surface area contributed by atoms with Gasteiger partial charge in [0.25, 0.3) is 0 Å². The number of hydrogen-bond donors (Lipinski definition) is 4. The molecule has 180 valence electrons. The van der Waals surface area contributed by atoms with Gasteiger partial charge in [-0.25, -0.2) is 0 Å². The van der Waals surface area contributed by atoms with Crippen molar-refractivity contribution in [1.29, 1.82) is 0 Å². The van der Waals surface area contributed by atoms with Crippen LogP contribution in [0.1, 0.15) is 0 Å². The third kappa shape index (κ3) is 4.10. The minimum atomic E-state index is -1.48. The molecule has 1 fully saturated rings. The number of fused-ring (bicyclic) bond motifs is 2. The van der Waals surface area contributed by atoms with Gasteiger partial charge >= 0.3 is 0 Å². The first-order valence-corrected chi connectivity index (χ1v) is 10.8. The first kappa shape index (κ1) is 22.6. The van der Waals surface area contributed by atoms with Crippen molar-refractivity contribution in [2.24, 2.45) is 0 Å². The summed E-state index contributed by atoms with van der Waals surface area (Å²) in [6, 6.07) is 9.95. The monoisotopic (exact) mass is 472 g/mol. The van der Waals surface area contributed by atoms with Gasteiger partial charge in [-0.15, -0.1) is 0 Å². The zero-order valence-corrected chi connectivity index (χ0v) is 18.0. The summed E-state index contributed by atoms with van der Waals surface area (Å²) in [7, 11) is 0. The van der Waals surface area contributed by atoms with E-state index in [-0.39, 0.29) is 12.0 Å². The molecule has 4 N–H and O–H groups in total. The number of benzene rings is 2. The number of aliphatic hydroxyl groups excluding tert-OH is 4. The minimum absolute atomic E-state index is 0.160. The number of aliphatic hydroxyl groups is 4. The number of hydrogen-bond acceptors (Lipinski definition) is 10. The van der Waals surface area contributed by atoms with Crippen LogP contribution in [0.25, 0.3) is 22.1 Å². The average molecular weight is 472 g/mol. The predicted molar refractivity (Wildman–Crippen MR) is 118 cm³/mol. The van der Waals surface area contributed by atoms with Crippen LogP contribution < -0.4 is 19.6 Å². The number of ether oxygens (including phenoxy) is 4. The van der Waals surface area contributed by atoms with Crippen molar-refractivity contribution in [1.82, 2.24) is 0 Å². The summed E-state index contributed by atoms with van der Waals surface area (Å²) in [5, 5.41) is 39.6. The second kappa shape index (κ2) is 9.24. The molecule has 1 saturated heterocycles. The highest BCUT2D eigenvalue weighted by Crippen LogP contribution is 2.34. The Morgan fingerprint density at radius 2 is 1.68 bits per heavy atom. The summed E-state index contributed by atoms with van der Waals surface area (Å²) >= 11 is 0. The van der Waals surface area contributed by atoms with Crippen LogP contribution >= 0.6 is 0 Å². The molecule has 10 nitrogen and oxygen atoms in total. The second-order valence-electron chi connectivity index (χ2n) is 8.17. The summed E-state index contributed by atoms with van der Waals surface area (Å²) in [5.41, 5.74) is 1.10. The van der Waals surface area contributed by atoms with Gasteiger partial charge in [-0.3, -0.25) is 4.79 Å². The largest absolute Gasteiger partial charge is 0.491 e. The van der Waals surface area contributed by atoms with Crippen molar-refractivity contribution < 1.29 is 43.8 Å². The molecule has 5 atom stereocenters. The Morgan fingerprint density at radius 1 is 0.912 bits per heavy atom. The van der Waals surface area contributed by atoms with Gasteiger partial charge in [0.15, 0.2) is 16.9 Å². The molecule has 34 heavy (non-hydrogen) atoms. The summed E-state index contributed by atoms with van der Waals surface area (Å²) in [6.45, 7) is 0.237. The van der Waals surface area contributed by atoms with Gasteiger partial charge in [0.05, 0.1) is 17.6 Å². The smallest absolute Gasteiger partial charge is 0.200 e. The quantitative estimate of drug-likeness (QED) is 0.413. The maximum Gasteiger partial charge on any atom is 0.200 e. The number of rotatable bonds is 5. The summed E-state index contributed by atoms with van der Waals surface area (Å²) in [4.78, 5) is 13.1. The van der Waals surface area contributed by atoms with E-state index in [9.17, 15) is 25.2 Å². The van der Waals surface area contributed by atoms with Crippen molar-refractivity contribution in [3.63, 3.8) is 0 Å². The Labute approximate surface area is 193 Å². The van der Waals surface area contributed by atoms with E-state index in [0.717, 1.165) is 0 Å². The average Bonchev–Trinajstić information content (AvgIpc) is 2.87. The van der Waals surface area contributed by atoms with Crippen LogP contribution in [0.5, 0.6) is 17.2 Å². The van der Waals surface area contributed by atoms with Crippen molar-refractivity contribution in [2.45, 2.75) is 30.5 Å². The molecule has 1 aromatic heterocycles. The zero-order valence-electron chi connectivity index (χ0n) is 18.0. The van der Waals surface area contributed by atoms with Gasteiger partial charge in [0.2, 0.25) is 0 Å². The molecular formula is C24H24O10. The lowest BCUT2D eigenvalue weighted by Crippen LogP contribution is -2.59. The lowest BCUT2D eigenvalue weighted by Gasteiger charge is -2.39. The molecule has 0 unspecified atom stereocenters. The van der Waals surface area contributed by atoms with E-state index >= 15 is 0 Å². The molecule has 3 aromatic rings. The molecule has 3 heterocycles. The zero-order chi connectivity index (χ0) is 23.8. The fourth-order valence-corrected chi connectivity index (χ4v) is 4.10. The Hall–Kier alpha value is -3.15. The summed E-state index contributed by atoms with van der Waals surface area (Å²) < 4.78 is 27.9. The van der Waals surface area contributed by atoms with Crippen molar-refractivity contribution in [3.8, 4) is 28.4 Å². The molecule has 0 aliphatic carbocycles. The molecule has 0 radical (unpaired) electrons. The van der Waals surface area contributed by atoms with Gasteiger partial charge in [-0.05, 0) is 29.8 Å². The molecule has 0 amide bonds. The molecule has 0 bridgehead atoms. The lowest BCUT2D eigenvalue weighted by molar-refractivity contribution is -0.234. The van der Waals surface area contributed by atoms with Crippen molar-refractivity contribution >= 4 is 11.0 Å². The van der Waals surface area contributed by atoms with Crippen LogP contribution in [-0.2, 0) is 4.74 Å². The Bertz CT molecular complexity index is 1240. The van der Waals surface area contributed by atoms with Crippen LogP contribution in [0.15, 0.2) is 51.9 Å². The van der Waals surface area contributed by atoms with Gasteiger partial charge in [-0.2, -0.15) is 0 Å². The maximum atomic E-state index is 13.1. The molecule has 0 saturated carbocycles. The highest BCUT2D eigenvalue weighted by Gasteiger charge is 2.43. The van der Waals surface area contributed by atoms with E-state index in [4.69, 9.17) is 23.4 Å². The maximum absolute atomic E-state index is 13.1. The SMILES string of the molecule is O=c1c(-c2ccc3c(c2)OCCO3)coc2cc(OC[C@@H]3O[C@H](CO)[C@@H](O)[C@H](O)[C@H]3O)ccc12. The topological polar surface area (TPSA) is 148 Å². The molecule has 10 heteroatoms. The highest BCUT2D eigenvalue weighted by molar-refractivity contribution is 5.83. The van der Waals surface area contributed by atoms with Crippen LogP contribution in [-0.4, -0.2) is 77.4 Å². The van der Waals surface area contributed by atoms with Crippen LogP contribution in [0, 0.1) is 0 Å². The summed E-state index contributed by atoms with van der Waals surface area (Å²) in [5.74, 6) is 1.54. The Morgan fingerprint density at radius 3 is 2.47 bits per heavy atom. The third-order valence-electron chi connectivity index (χ3n) is 6.00. The fraction of sp³-hybridized carbons (Fsp3) is 0.375. The minimum Gasteiger partial charge on any atom is -0.491 e. The van der Waals surface area contributed by atoms with Crippen LogP contribution in [0.2, 0.25) is 0 Å². The molecule has 2 aliphatic rings. The Balaban J connectivity index is 1.35. The molecule has 2 aromatic carbocycles. The normalized spacial score (nSPS) is 26.4. The first-order chi connectivity index (χ1) is 16.5. The summed E-state index contributed by atoms with van der Waals surface area (Å²) in [6.07, 6.45) is -4.93. The second-order valence-corrected chi connectivity index (χ2v) is 8.17. The molecule has 5 rings (SSSR count). The van der Waals surface area contributed by atoms with E-state index in [2.05, 4.69) is 0 Å². The van der Waals surface area contributed by atoms with E-state index in [0.29, 0.717) is 52.6 Å². The van der Waals surface area contributed by atoms with Crippen LogP contribution in [0.3, 0.4) is 0 Å². The Kier molecular flexibility index (Phi) is 6.15. The first-order valence-electron chi connectivity index (χ1n) is 10.8. The van der Waals surface area contributed by atoms with Crippen molar-refractivity contribution in [3.05, 3.63) is 52.9 Å². The van der Waals surface area contributed by atoms with E-state index in [1.807, 2.05) is 0 Å². The lowest BCUT2D eigenvalue weighted by atomic mass is 9.95. The van der Waals surface area contributed by atoms with E-state index in [1.165, 1.54) is 12.3 Å². The van der Waals surface area contributed by atoms with E-state index < -0.39 is 37.1 Å². The van der Waals surface area contributed by atoms with Gasteiger partial charge in [0, 0.05) is 6.07 Å². The molecule has 0 spiro atoms. The molecular weight excluding hydrogens is 448 g/mol. The predicted octanol–water partition coefficient (Wildman–Crippen LogP) is 0.452. The standard InChI is InChI=1S/C24H24O10/c25-9-19-22(27)24(29)23(28)20(34-19)11-32-13-2-3-14-17(8-13)33-10-15(21(14)26)12-1-4-16-18(7-12)31-6-5-30-16/h1-4,7-8,10,19-20,22-25,27-29H,5-6,9,11H2/t19-,20+,22-,23+,24+/m1/s1. The highest BCUT2D eigenvalue weighted by atomic mass is 16.6. The van der Waals surface area contributed by atoms with Gasteiger partial charge in [0.1, 0.15) is 67.9 Å². The third-order valence-corrected chi connectivity index (χ3v) is 6.00. The van der Waals surface area contributed by atoms with Crippen LogP contribution in [0.4, 0.5) is 0 Å². The van der Waals surface area contributed by atoms with Crippen molar-refractivity contribution in [2.75, 3.05) is 26.4 Å². The molecule has 2 aliphatic heterocycles. The van der Waals surface area contributed by atoms with Gasteiger partial charge < -0.3 is 43.8 Å². The fourth-order valence-electron chi connectivity index (χ4n) is 4.10. The van der Waals surface area contributed by atoms with E-state index in [1.54, 1.807) is 30.3 Å².